The largest absolute Gasteiger partial charge is 0.479 e. The zero-order valence-corrected chi connectivity index (χ0v) is 18.9. The molecule has 28 heavy (non-hydrogen) atoms. The molecule has 154 valence electrons. The molecule has 0 bridgehead atoms. The number of nitrogens with zero attached hydrogens (tertiary/aromatic N) is 3. The molecule has 0 amide bonds. The lowest BCUT2D eigenvalue weighted by Crippen LogP contribution is -2.48. The number of halogens is 1. The maximum absolute atomic E-state index is 12.7. The summed E-state index contributed by atoms with van der Waals surface area (Å²) in [6.07, 6.45) is 2.76. The SMILES string of the molecule is COc1cc(Cn2ncc(N[C@@H]3C[C@H](C)C(C)(C)[C@H](C)[C@H]3C)c(Br)c2=O)on1. The Kier molecular flexibility index (Phi) is 5.89. The normalized spacial score (nSPS) is 26.8. The summed E-state index contributed by atoms with van der Waals surface area (Å²) in [5.74, 6) is 2.52. The average molecular weight is 453 g/mol. The molecular weight excluding hydrogens is 424 g/mol. The van der Waals surface area contributed by atoms with Crippen molar-refractivity contribution in [3.8, 4) is 5.88 Å². The topological polar surface area (TPSA) is 82.2 Å². The summed E-state index contributed by atoms with van der Waals surface area (Å²) in [7, 11) is 1.51. The van der Waals surface area contributed by atoms with E-state index in [2.05, 4.69) is 66.1 Å². The Balaban J connectivity index is 1.78. The van der Waals surface area contributed by atoms with Gasteiger partial charge in [-0.3, -0.25) is 4.79 Å². The van der Waals surface area contributed by atoms with Crippen molar-refractivity contribution in [2.45, 2.75) is 53.6 Å². The van der Waals surface area contributed by atoms with Gasteiger partial charge in [-0.1, -0.05) is 34.6 Å². The van der Waals surface area contributed by atoms with Gasteiger partial charge < -0.3 is 14.6 Å². The monoisotopic (exact) mass is 452 g/mol. The van der Waals surface area contributed by atoms with Crippen LogP contribution in [-0.4, -0.2) is 28.1 Å². The van der Waals surface area contributed by atoms with Gasteiger partial charge in [0.25, 0.3) is 11.4 Å². The van der Waals surface area contributed by atoms with Gasteiger partial charge in [-0.05, 0) is 50.7 Å². The van der Waals surface area contributed by atoms with Crippen LogP contribution < -0.4 is 15.6 Å². The van der Waals surface area contributed by atoms with Crippen LogP contribution in [0.4, 0.5) is 5.69 Å². The summed E-state index contributed by atoms with van der Waals surface area (Å²) < 4.78 is 12.0. The minimum absolute atomic E-state index is 0.191. The minimum Gasteiger partial charge on any atom is -0.479 e. The highest BCUT2D eigenvalue weighted by Gasteiger charge is 2.43. The van der Waals surface area contributed by atoms with Crippen molar-refractivity contribution in [3.63, 3.8) is 0 Å². The van der Waals surface area contributed by atoms with Crippen molar-refractivity contribution in [1.29, 1.82) is 0 Å². The molecule has 3 rings (SSSR count). The Labute approximate surface area is 174 Å². The summed E-state index contributed by atoms with van der Waals surface area (Å²) in [5.41, 5.74) is 0.812. The molecule has 1 fully saturated rings. The van der Waals surface area contributed by atoms with Crippen molar-refractivity contribution in [2.75, 3.05) is 12.4 Å². The van der Waals surface area contributed by atoms with Crippen molar-refractivity contribution < 1.29 is 9.26 Å². The van der Waals surface area contributed by atoms with Crippen molar-refractivity contribution in [3.05, 3.63) is 32.8 Å². The van der Waals surface area contributed by atoms with E-state index in [9.17, 15) is 4.79 Å². The average Bonchev–Trinajstić information content (AvgIpc) is 3.12. The zero-order valence-electron chi connectivity index (χ0n) is 17.3. The van der Waals surface area contributed by atoms with E-state index in [-0.39, 0.29) is 12.1 Å². The lowest BCUT2D eigenvalue weighted by Gasteiger charge is -2.50. The first-order valence-electron chi connectivity index (χ1n) is 9.66. The van der Waals surface area contributed by atoms with Crippen LogP contribution in [0.5, 0.6) is 5.88 Å². The van der Waals surface area contributed by atoms with Gasteiger partial charge in [0.2, 0.25) is 0 Å². The highest BCUT2D eigenvalue weighted by atomic mass is 79.9. The second kappa shape index (κ2) is 7.89. The molecule has 1 N–H and O–H groups in total. The Morgan fingerprint density at radius 1 is 1.39 bits per heavy atom. The molecule has 0 saturated heterocycles. The Bertz CT molecular complexity index is 892. The van der Waals surface area contributed by atoms with Gasteiger partial charge in [0, 0.05) is 12.1 Å². The van der Waals surface area contributed by atoms with Crippen LogP contribution in [0.1, 0.15) is 46.8 Å². The molecule has 2 heterocycles. The second-order valence-corrected chi connectivity index (χ2v) is 9.32. The first-order valence-corrected chi connectivity index (χ1v) is 10.5. The van der Waals surface area contributed by atoms with E-state index in [0.717, 1.165) is 12.1 Å². The summed E-state index contributed by atoms with van der Waals surface area (Å²) >= 11 is 3.46. The molecule has 2 aromatic heterocycles. The third-order valence-corrected chi connectivity index (χ3v) is 7.62. The van der Waals surface area contributed by atoms with Crippen LogP contribution in [-0.2, 0) is 6.54 Å². The van der Waals surface area contributed by atoms with Crippen molar-refractivity contribution in [2.24, 2.45) is 23.2 Å². The molecular formula is C20H29BrN4O3. The van der Waals surface area contributed by atoms with Crippen LogP contribution in [0, 0.1) is 23.2 Å². The molecule has 8 heteroatoms. The highest BCUT2D eigenvalue weighted by molar-refractivity contribution is 9.10. The lowest BCUT2D eigenvalue weighted by molar-refractivity contribution is 0.0316. The van der Waals surface area contributed by atoms with E-state index in [4.69, 9.17) is 9.26 Å². The number of ether oxygens (including phenoxy) is 1. The first kappa shape index (κ1) is 20.9. The highest BCUT2D eigenvalue weighted by Crippen LogP contribution is 2.48. The molecule has 2 aromatic rings. The standard InChI is InChI=1S/C20H29BrN4O3/c1-11-7-15(12(2)13(3)20(11,4)5)23-16-9-22-25(19(26)18(16)21)10-14-8-17(27-6)24-28-14/h8-9,11-13,15,23H,7,10H2,1-6H3/t11-,12+,13+,15+/m0/s1. The van der Waals surface area contributed by atoms with Crippen LogP contribution in [0.15, 0.2) is 26.1 Å². The quantitative estimate of drug-likeness (QED) is 0.732. The van der Waals surface area contributed by atoms with E-state index in [1.807, 2.05) is 0 Å². The van der Waals surface area contributed by atoms with Gasteiger partial charge in [-0.2, -0.15) is 5.10 Å². The summed E-state index contributed by atoms with van der Waals surface area (Å²) in [6.45, 7) is 11.8. The number of aromatic nitrogens is 3. The fourth-order valence-electron chi connectivity index (χ4n) is 4.05. The summed E-state index contributed by atoms with van der Waals surface area (Å²) in [6, 6.07) is 1.94. The Hall–Kier alpha value is -1.83. The first-order chi connectivity index (χ1) is 13.1. The molecule has 0 spiro atoms. The van der Waals surface area contributed by atoms with E-state index in [0.29, 0.717) is 45.3 Å². The molecule has 4 atom stereocenters. The maximum atomic E-state index is 12.7. The van der Waals surface area contributed by atoms with E-state index in [1.54, 1.807) is 12.3 Å². The smallest absolute Gasteiger partial charge is 0.283 e. The van der Waals surface area contributed by atoms with Gasteiger partial charge in [0.15, 0.2) is 5.76 Å². The molecule has 0 aromatic carbocycles. The summed E-state index contributed by atoms with van der Waals surface area (Å²) in [4.78, 5) is 12.7. The second-order valence-electron chi connectivity index (χ2n) is 8.53. The fraction of sp³-hybridized carbons (Fsp3) is 0.650. The van der Waals surface area contributed by atoms with Gasteiger partial charge in [0.05, 0.1) is 19.0 Å². The molecule has 0 aliphatic heterocycles. The number of hydrogen-bond donors (Lipinski definition) is 1. The number of hydrogen-bond acceptors (Lipinski definition) is 6. The number of nitrogens with one attached hydrogen (secondary N) is 1. The fourth-order valence-corrected chi connectivity index (χ4v) is 4.48. The molecule has 0 unspecified atom stereocenters. The Morgan fingerprint density at radius 2 is 2.11 bits per heavy atom. The molecule has 1 aliphatic carbocycles. The predicted molar refractivity (Wildman–Crippen MR) is 112 cm³/mol. The number of anilines is 1. The third kappa shape index (κ3) is 3.83. The molecule has 0 radical (unpaired) electrons. The number of methoxy groups -OCH3 is 1. The van der Waals surface area contributed by atoms with Crippen LogP contribution >= 0.6 is 15.9 Å². The maximum Gasteiger partial charge on any atom is 0.283 e. The molecule has 1 saturated carbocycles. The third-order valence-electron chi connectivity index (χ3n) is 6.85. The van der Waals surface area contributed by atoms with Crippen molar-refractivity contribution in [1.82, 2.24) is 14.9 Å². The van der Waals surface area contributed by atoms with Gasteiger partial charge in [-0.15, -0.1) is 0 Å². The van der Waals surface area contributed by atoms with Crippen LogP contribution in [0.25, 0.3) is 0 Å². The van der Waals surface area contributed by atoms with Crippen molar-refractivity contribution >= 4 is 21.6 Å². The van der Waals surface area contributed by atoms with Gasteiger partial charge in [0.1, 0.15) is 11.0 Å². The Morgan fingerprint density at radius 3 is 2.75 bits per heavy atom. The molecule has 7 nitrogen and oxygen atoms in total. The van der Waals surface area contributed by atoms with E-state index < -0.39 is 0 Å². The summed E-state index contributed by atoms with van der Waals surface area (Å²) in [5, 5.41) is 11.6. The van der Waals surface area contributed by atoms with Crippen LogP contribution in [0.3, 0.4) is 0 Å². The van der Waals surface area contributed by atoms with E-state index >= 15 is 0 Å². The zero-order chi connectivity index (χ0) is 20.6. The number of rotatable bonds is 5. The predicted octanol–water partition coefficient (Wildman–Crippen LogP) is 4.17. The van der Waals surface area contributed by atoms with Crippen LogP contribution in [0.2, 0.25) is 0 Å². The van der Waals surface area contributed by atoms with Gasteiger partial charge >= 0.3 is 0 Å². The minimum atomic E-state index is -0.217. The lowest BCUT2D eigenvalue weighted by atomic mass is 9.58. The molecule has 1 aliphatic rings. The van der Waals surface area contributed by atoms with E-state index in [1.165, 1.54) is 11.8 Å². The van der Waals surface area contributed by atoms with Gasteiger partial charge in [-0.25, -0.2) is 4.68 Å².